The van der Waals surface area contributed by atoms with Crippen LogP contribution in [-0.4, -0.2) is 40.7 Å². The zero-order valence-electron chi connectivity index (χ0n) is 17.4. The van der Waals surface area contributed by atoms with Gasteiger partial charge < -0.3 is 18.9 Å². The van der Waals surface area contributed by atoms with E-state index < -0.39 is 6.10 Å². The molecule has 0 fully saturated rings. The van der Waals surface area contributed by atoms with Gasteiger partial charge in [0.2, 0.25) is 11.7 Å². The Morgan fingerprint density at radius 1 is 1.23 bits per heavy atom. The first kappa shape index (κ1) is 21.1. The molecule has 0 N–H and O–H groups in total. The number of rotatable bonds is 9. The first-order chi connectivity index (χ1) is 14.5. The smallest absolute Gasteiger partial charge is 0.264 e. The van der Waals surface area contributed by atoms with Crippen LogP contribution in [0.25, 0.3) is 11.4 Å². The zero-order valence-corrected chi connectivity index (χ0v) is 17.4. The van der Waals surface area contributed by atoms with Gasteiger partial charge in [0.05, 0.1) is 7.11 Å². The third kappa shape index (κ3) is 5.26. The Labute approximate surface area is 175 Å². The van der Waals surface area contributed by atoms with E-state index >= 15 is 0 Å². The van der Waals surface area contributed by atoms with Crippen molar-refractivity contribution in [2.75, 3.05) is 13.7 Å². The van der Waals surface area contributed by atoms with E-state index in [2.05, 4.69) is 16.7 Å². The van der Waals surface area contributed by atoms with E-state index in [0.29, 0.717) is 24.0 Å². The number of hydrogen-bond acceptors (Lipinski definition) is 6. The summed E-state index contributed by atoms with van der Waals surface area (Å²) >= 11 is 0. The van der Waals surface area contributed by atoms with E-state index in [0.717, 1.165) is 16.9 Å². The van der Waals surface area contributed by atoms with Crippen molar-refractivity contribution in [1.82, 2.24) is 15.0 Å². The molecule has 1 unspecified atom stereocenters. The predicted octanol–water partition coefficient (Wildman–Crippen LogP) is 4.04. The Morgan fingerprint density at radius 2 is 2.00 bits per heavy atom. The summed E-state index contributed by atoms with van der Waals surface area (Å²) in [5, 5.41) is 4.01. The lowest BCUT2D eigenvalue weighted by Crippen LogP contribution is -2.40. The van der Waals surface area contributed by atoms with Crippen molar-refractivity contribution in [3.05, 3.63) is 72.6 Å². The summed E-state index contributed by atoms with van der Waals surface area (Å²) in [7, 11) is 1.61. The van der Waals surface area contributed by atoms with E-state index in [-0.39, 0.29) is 12.5 Å². The standard InChI is InChI=1S/C23H25N3O4/c1-5-13-26(23(27)17(3)29-20-8-6-7-16(2)14-20)15-21-24-22(25-30-21)18-9-11-19(28-4)12-10-18/h5-12,14,17H,1,13,15H2,2-4H3. The minimum absolute atomic E-state index is 0.162. The number of aromatic nitrogens is 2. The molecule has 2 aromatic carbocycles. The highest BCUT2D eigenvalue weighted by Crippen LogP contribution is 2.20. The topological polar surface area (TPSA) is 77.7 Å². The molecule has 0 saturated carbocycles. The SMILES string of the molecule is C=CCN(Cc1nc(-c2ccc(OC)cc2)no1)C(=O)C(C)Oc1cccc(C)c1. The van der Waals surface area contributed by atoms with Crippen LogP contribution in [0.4, 0.5) is 0 Å². The number of amides is 1. The van der Waals surface area contributed by atoms with Gasteiger partial charge in [0.15, 0.2) is 6.10 Å². The minimum atomic E-state index is -0.671. The highest BCUT2D eigenvalue weighted by molar-refractivity contribution is 5.81. The van der Waals surface area contributed by atoms with Gasteiger partial charge in [-0.2, -0.15) is 4.98 Å². The Hall–Kier alpha value is -3.61. The summed E-state index contributed by atoms with van der Waals surface area (Å²) in [6.45, 7) is 7.92. The fourth-order valence-electron chi connectivity index (χ4n) is 2.93. The number of methoxy groups -OCH3 is 1. The van der Waals surface area contributed by atoms with Gasteiger partial charge >= 0.3 is 0 Å². The van der Waals surface area contributed by atoms with Gasteiger partial charge in [-0.15, -0.1) is 6.58 Å². The molecule has 0 aliphatic rings. The maximum absolute atomic E-state index is 12.9. The summed E-state index contributed by atoms with van der Waals surface area (Å²) < 4.78 is 16.3. The van der Waals surface area contributed by atoms with Gasteiger partial charge in [-0.3, -0.25) is 4.79 Å². The molecule has 0 saturated heterocycles. The molecule has 1 aromatic heterocycles. The molecule has 3 rings (SSSR count). The van der Waals surface area contributed by atoms with E-state index in [4.69, 9.17) is 14.0 Å². The molecule has 1 heterocycles. The maximum atomic E-state index is 12.9. The van der Waals surface area contributed by atoms with E-state index in [1.54, 1.807) is 25.0 Å². The van der Waals surface area contributed by atoms with E-state index in [1.807, 2.05) is 55.5 Å². The number of carbonyl (C=O) groups is 1. The molecule has 0 bridgehead atoms. The van der Waals surface area contributed by atoms with Crippen LogP contribution in [0.15, 0.2) is 65.7 Å². The monoisotopic (exact) mass is 407 g/mol. The normalized spacial score (nSPS) is 11.6. The van der Waals surface area contributed by atoms with Crippen molar-refractivity contribution in [2.24, 2.45) is 0 Å². The fourth-order valence-corrected chi connectivity index (χ4v) is 2.93. The second-order valence-electron chi connectivity index (χ2n) is 6.82. The van der Waals surface area contributed by atoms with Crippen LogP contribution in [0.1, 0.15) is 18.4 Å². The molecular formula is C23H25N3O4. The third-order valence-electron chi connectivity index (χ3n) is 4.45. The molecular weight excluding hydrogens is 382 g/mol. The largest absolute Gasteiger partial charge is 0.497 e. The van der Waals surface area contributed by atoms with Crippen molar-refractivity contribution >= 4 is 5.91 Å². The molecule has 0 aliphatic heterocycles. The Morgan fingerprint density at radius 3 is 2.67 bits per heavy atom. The molecule has 1 atom stereocenters. The summed E-state index contributed by atoms with van der Waals surface area (Å²) in [5.74, 6) is 1.98. The summed E-state index contributed by atoms with van der Waals surface area (Å²) in [4.78, 5) is 18.9. The first-order valence-corrected chi connectivity index (χ1v) is 9.60. The van der Waals surface area contributed by atoms with Crippen molar-refractivity contribution < 1.29 is 18.8 Å². The average molecular weight is 407 g/mol. The number of ether oxygens (including phenoxy) is 2. The lowest BCUT2D eigenvalue weighted by molar-refractivity contribution is -0.138. The van der Waals surface area contributed by atoms with Crippen LogP contribution in [-0.2, 0) is 11.3 Å². The van der Waals surface area contributed by atoms with Gasteiger partial charge in [-0.05, 0) is 55.8 Å². The Bertz CT molecular complexity index is 998. The Kier molecular flexibility index (Phi) is 6.85. The number of aryl methyl sites for hydroxylation is 1. The van der Waals surface area contributed by atoms with Crippen molar-refractivity contribution in [3.63, 3.8) is 0 Å². The average Bonchev–Trinajstić information content (AvgIpc) is 3.21. The van der Waals surface area contributed by atoms with E-state index in [1.165, 1.54) is 0 Å². The number of hydrogen-bond donors (Lipinski definition) is 0. The lowest BCUT2D eigenvalue weighted by atomic mass is 10.2. The van der Waals surface area contributed by atoms with Crippen LogP contribution in [0.3, 0.4) is 0 Å². The van der Waals surface area contributed by atoms with Crippen molar-refractivity contribution in [3.8, 4) is 22.9 Å². The van der Waals surface area contributed by atoms with E-state index in [9.17, 15) is 4.79 Å². The van der Waals surface area contributed by atoms with Crippen LogP contribution in [0.5, 0.6) is 11.5 Å². The van der Waals surface area contributed by atoms with Gasteiger partial charge in [0.1, 0.15) is 18.0 Å². The molecule has 3 aromatic rings. The summed E-state index contributed by atoms with van der Waals surface area (Å²) in [6, 6.07) is 14.9. The first-order valence-electron chi connectivity index (χ1n) is 9.60. The van der Waals surface area contributed by atoms with Crippen molar-refractivity contribution in [1.29, 1.82) is 0 Å². The number of carbonyl (C=O) groups excluding carboxylic acids is 1. The molecule has 0 radical (unpaired) electrons. The quantitative estimate of drug-likeness (QED) is 0.498. The van der Waals surface area contributed by atoms with Crippen molar-refractivity contribution in [2.45, 2.75) is 26.5 Å². The molecule has 7 nitrogen and oxygen atoms in total. The maximum Gasteiger partial charge on any atom is 0.264 e. The number of benzene rings is 2. The second kappa shape index (κ2) is 9.73. The molecule has 1 amide bonds. The molecule has 156 valence electrons. The summed E-state index contributed by atoms with van der Waals surface area (Å²) in [5.41, 5.74) is 1.86. The Balaban J connectivity index is 1.69. The van der Waals surface area contributed by atoms with Gasteiger partial charge in [0, 0.05) is 12.1 Å². The molecule has 0 spiro atoms. The molecule has 7 heteroatoms. The lowest BCUT2D eigenvalue weighted by Gasteiger charge is -2.23. The molecule has 0 aliphatic carbocycles. The van der Waals surface area contributed by atoms with Crippen LogP contribution >= 0.6 is 0 Å². The third-order valence-corrected chi connectivity index (χ3v) is 4.45. The zero-order chi connectivity index (χ0) is 21.5. The van der Waals surface area contributed by atoms with Crippen LogP contribution in [0, 0.1) is 6.92 Å². The number of nitrogens with zero attached hydrogens (tertiary/aromatic N) is 3. The fraction of sp³-hybridized carbons (Fsp3) is 0.261. The highest BCUT2D eigenvalue weighted by atomic mass is 16.5. The molecule has 30 heavy (non-hydrogen) atoms. The second-order valence-corrected chi connectivity index (χ2v) is 6.82. The van der Waals surface area contributed by atoms with Gasteiger partial charge in [0.25, 0.3) is 5.91 Å². The summed E-state index contributed by atoms with van der Waals surface area (Å²) in [6.07, 6.45) is 0.980. The van der Waals surface area contributed by atoms with Crippen LogP contribution in [0.2, 0.25) is 0 Å². The van der Waals surface area contributed by atoms with Gasteiger partial charge in [-0.25, -0.2) is 0 Å². The van der Waals surface area contributed by atoms with Gasteiger partial charge in [-0.1, -0.05) is 23.4 Å². The highest BCUT2D eigenvalue weighted by Gasteiger charge is 2.23. The predicted molar refractivity (Wildman–Crippen MR) is 113 cm³/mol. The minimum Gasteiger partial charge on any atom is -0.497 e. The van der Waals surface area contributed by atoms with Crippen LogP contribution < -0.4 is 9.47 Å².